The average Bonchev–Trinajstić information content (AvgIpc) is 2.63. The van der Waals surface area contributed by atoms with E-state index >= 15 is 0 Å². The van der Waals surface area contributed by atoms with E-state index in [2.05, 4.69) is 11.2 Å². The second kappa shape index (κ2) is 8.57. The molecule has 0 saturated carbocycles. The van der Waals surface area contributed by atoms with Gasteiger partial charge < -0.3 is 19.9 Å². The van der Waals surface area contributed by atoms with E-state index in [0.29, 0.717) is 6.61 Å². The molecule has 0 aliphatic heterocycles. The van der Waals surface area contributed by atoms with Crippen LogP contribution in [0.1, 0.15) is 19.4 Å². The summed E-state index contributed by atoms with van der Waals surface area (Å²) in [4.78, 5) is 0. The third kappa shape index (κ3) is 4.99. The van der Waals surface area contributed by atoms with Gasteiger partial charge in [-0.2, -0.15) is 0 Å². The summed E-state index contributed by atoms with van der Waals surface area (Å²) in [6.07, 6.45) is 4.47. The van der Waals surface area contributed by atoms with Crippen molar-refractivity contribution in [2.24, 2.45) is 0 Å². The number of terminal acetylenes is 1. The first-order valence-corrected chi connectivity index (χ1v) is 8.22. The fourth-order valence-electron chi connectivity index (χ4n) is 2.71. The Balaban J connectivity index is 2.15. The van der Waals surface area contributed by atoms with Gasteiger partial charge in [-0.05, 0) is 43.7 Å². The zero-order valence-corrected chi connectivity index (χ0v) is 14.9. The molecule has 0 amide bonds. The molecule has 4 heteroatoms. The van der Waals surface area contributed by atoms with E-state index in [1.165, 1.54) is 0 Å². The van der Waals surface area contributed by atoms with Crippen LogP contribution in [0.3, 0.4) is 0 Å². The van der Waals surface area contributed by atoms with E-state index in [9.17, 15) is 5.11 Å². The topological polar surface area (TPSA) is 50.7 Å². The molecule has 0 bridgehead atoms. The van der Waals surface area contributed by atoms with Crippen LogP contribution in [-0.4, -0.2) is 30.0 Å². The lowest BCUT2D eigenvalue weighted by atomic mass is 9.91. The van der Waals surface area contributed by atoms with Gasteiger partial charge in [-0.25, -0.2) is 0 Å². The molecule has 25 heavy (non-hydrogen) atoms. The van der Waals surface area contributed by atoms with Crippen molar-refractivity contribution in [1.29, 1.82) is 0 Å². The van der Waals surface area contributed by atoms with Gasteiger partial charge in [-0.15, -0.1) is 6.42 Å². The highest BCUT2D eigenvalue weighted by molar-refractivity contribution is 5.51. The van der Waals surface area contributed by atoms with Gasteiger partial charge in [0.1, 0.15) is 17.4 Å². The summed E-state index contributed by atoms with van der Waals surface area (Å²) < 4.78 is 11.1. The normalized spacial score (nSPS) is 15.5. The molecule has 0 radical (unpaired) electrons. The minimum Gasteiger partial charge on any atom is -0.497 e. The number of ether oxygens (including phenoxy) is 2. The van der Waals surface area contributed by atoms with Crippen LogP contribution >= 0.6 is 0 Å². The van der Waals surface area contributed by atoms with Gasteiger partial charge in [0.25, 0.3) is 0 Å². The van der Waals surface area contributed by atoms with Crippen molar-refractivity contribution in [2.45, 2.75) is 38.2 Å². The Labute approximate surface area is 149 Å². The van der Waals surface area contributed by atoms with Crippen molar-refractivity contribution in [3.05, 3.63) is 60.2 Å². The van der Waals surface area contributed by atoms with Gasteiger partial charge in [0, 0.05) is 5.69 Å². The largest absolute Gasteiger partial charge is 0.497 e. The zero-order chi connectivity index (χ0) is 18.3. The minimum absolute atomic E-state index is 0.373. The number of anilines is 1. The van der Waals surface area contributed by atoms with Crippen molar-refractivity contribution in [3.63, 3.8) is 0 Å². The Hall–Kier alpha value is -2.48. The molecule has 0 aliphatic carbocycles. The molecule has 0 spiro atoms. The van der Waals surface area contributed by atoms with Gasteiger partial charge >= 0.3 is 0 Å². The quantitative estimate of drug-likeness (QED) is 0.723. The smallest absolute Gasteiger partial charge is 0.125 e. The Bertz CT molecular complexity index is 691. The van der Waals surface area contributed by atoms with Crippen LogP contribution in [0.2, 0.25) is 0 Å². The number of rotatable bonds is 8. The standard InChI is InChI=1S/C21H25NO3/c1-5-21(3,22-18-11-13-19(24-4)14-12-18)20(16(2)23)25-15-17-9-7-6-8-10-17/h1,6-14,16,20,22-23H,15H2,2-4H3/t16-,20+,21-/m0/s1. The molecule has 0 unspecified atom stereocenters. The number of nitrogens with one attached hydrogen (secondary N) is 1. The molecule has 2 aromatic rings. The summed E-state index contributed by atoms with van der Waals surface area (Å²) in [7, 11) is 1.62. The van der Waals surface area contributed by atoms with Crippen LogP contribution in [0.4, 0.5) is 5.69 Å². The fourth-order valence-corrected chi connectivity index (χ4v) is 2.71. The lowest BCUT2D eigenvalue weighted by molar-refractivity contribution is -0.0578. The molecule has 132 valence electrons. The summed E-state index contributed by atoms with van der Waals surface area (Å²) in [6, 6.07) is 17.3. The first-order valence-electron chi connectivity index (χ1n) is 8.22. The van der Waals surface area contributed by atoms with Crippen LogP contribution in [-0.2, 0) is 11.3 Å². The van der Waals surface area contributed by atoms with Crippen LogP contribution in [0, 0.1) is 12.3 Å². The Kier molecular flexibility index (Phi) is 6.46. The van der Waals surface area contributed by atoms with Gasteiger partial charge in [-0.1, -0.05) is 36.3 Å². The molecular formula is C21H25NO3. The van der Waals surface area contributed by atoms with Gasteiger partial charge in [0.2, 0.25) is 0 Å². The number of hydrogen-bond acceptors (Lipinski definition) is 4. The highest BCUT2D eigenvalue weighted by atomic mass is 16.5. The summed E-state index contributed by atoms with van der Waals surface area (Å²) >= 11 is 0. The number of methoxy groups -OCH3 is 1. The predicted molar refractivity (Wildman–Crippen MR) is 101 cm³/mol. The average molecular weight is 339 g/mol. The number of aliphatic hydroxyl groups is 1. The molecule has 2 aromatic carbocycles. The highest BCUT2D eigenvalue weighted by Crippen LogP contribution is 2.25. The van der Waals surface area contributed by atoms with E-state index < -0.39 is 17.7 Å². The predicted octanol–water partition coefficient (Wildman–Crippen LogP) is 3.47. The highest BCUT2D eigenvalue weighted by Gasteiger charge is 2.37. The third-order valence-corrected chi connectivity index (χ3v) is 4.07. The third-order valence-electron chi connectivity index (χ3n) is 4.07. The summed E-state index contributed by atoms with van der Waals surface area (Å²) in [6.45, 7) is 3.90. The maximum atomic E-state index is 10.2. The van der Waals surface area contributed by atoms with E-state index in [1.54, 1.807) is 14.0 Å². The van der Waals surface area contributed by atoms with Crippen molar-refractivity contribution >= 4 is 5.69 Å². The SMILES string of the molecule is C#C[C@](C)(Nc1ccc(OC)cc1)[C@H](OCc1ccccc1)[C@H](C)O. The van der Waals surface area contributed by atoms with Crippen molar-refractivity contribution in [3.8, 4) is 18.1 Å². The molecule has 2 rings (SSSR count). The lowest BCUT2D eigenvalue weighted by Crippen LogP contribution is -2.52. The van der Waals surface area contributed by atoms with Crippen LogP contribution in [0.15, 0.2) is 54.6 Å². The first kappa shape index (κ1) is 18.9. The molecule has 0 fully saturated rings. The van der Waals surface area contributed by atoms with Crippen molar-refractivity contribution in [2.75, 3.05) is 12.4 Å². The van der Waals surface area contributed by atoms with Gasteiger partial charge in [0.05, 0.1) is 19.8 Å². The molecule has 0 saturated heterocycles. The molecule has 4 nitrogen and oxygen atoms in total. The molecule has 0 heterocycles. The lowest BCUT2D eigenvalue weighted by Gasteiger charge is -2.36. The molecule has 0 aromatic heterocycles. The van der Waals surface area contributed by atoms with Crippen LogP contribution in [0.5, 0.6) is 5.75 Å². The summed E-state index contributed by atoms with van der Waals surface area (Å²) in [5.74, 6) is 3.51. The summed E-state index contributed by atoms with van der Waals surface area (Å²) in [5.41, 5.74) is 0.976. The van der Waals surface area contributed by atoms with Crippen molar-refractivity contribution < 1.29 is 14.6 Å². The van der Waals surface area contributed by atoms with Gasteiger partial charge in [0.15, 0.2) is 0 Å². The van der Waals surface area contributed by atoms with E-state index in [-0.39, 0.29) is 0 Å². The van der Waals surface area contributed by atoms with Crippen LogP contribution < -0.4 is 10.1 Å². The van der Waals surface area contributed by atoms with Gasteiger partial charge in [-0.3, -0.25) is 0 Å². The Morgan fingerprint density at radius 1 is 1.16 bits per heavy atom. The fraction of sp³-hybridized carbons (Fsp3) is 0.333. The van der Waals surface area contributed by atoms with Crippen molar-refractivity contribution in [1.82, 2.24) is 0 Å². The molecule has 2 N–H and O–H groups in total. The first-order chi connectivity index (χ1) is 12.0. The maximum absolute atomic E-state index is 10.2. The number of hydrogen-bond donors (Lipinski definition) is 2. The molecule has 0 aliphatic rings. The Morgan fingerprint density at radius 2 is 1.80 bits per heavy atom. The molecule has 3 atom stereocenters. The second-order valence-corrected chi connectivity index (χ2v) is 6.16. The van der Waals surface area contributed by atoms with Crippen LogP contribution in [0.25, 0.3) is 0 Å². The van der Waals surface area contributed by atoms with E-state index in [0.717, 1.165) is 17.0 Å². The minimum atomic E-state index is -0.877. The van der Waals surface area contributed by atoms with E-state index in [1.807, 2.05) is 61.5 Å². The monoisotopic (exact) mass is 339 g/mol. The second-order valence-electron chi connectivity index (χ2n) is 6.16. The maximum Gasteiger partial charge on any atom is 0.125 e. The zero-order valence-electron chi connectivity index (χ0n) is 14.9. The van der Waals surface area contributed by atoms with E-state index in [4.69, 9.17) is 15.9 Å². The summed E-state index contributed by atoms with van der Waals surface area (Å²) in [5, 5.41) is 13.5. The number of benzene rings is 2. The number of aliphatic hydroxyl groups excluding tert-OH is 1. The molecular weight excluding hydrogens is 314 g/mol. The Morgan fingerprint density at radius 3 is 2.32 bits per heavy atom.